The molecule has 1 aromatic carbocycles. The van der Waals surface area contributed by atoms with E-state index < -0.39 is 0 Å². The fourth-order valence-electron chi connectivity index (χ4n) is 1.58. The fraction of sp³-hybridized carbons (Fsp3) is 0.143. The molecule has 0 unspecified atom stereocenters. The van der Waals surface area contributed by atoms with Crippen LogP contribution in [0.3, 0.4) is 0 Å². The van der Waals surface area contributed by atoms with Gasteiger partial charge in [0.2, 0.25) is 0 Å². The Morgan fingerprint density at radius 1 is 1.45 bits per heavy atom. The van der Waals surface area contributed by atoms with Gasteiger partial charge in [0, 0.05) is 11.1 Å². The molecule has 0 saturated carbocycles. The van der Waals surface area contributed by atoms with Crippen LogP contribution in [-0.4, -0.2) is 17.6 Å². The predicted octanol–water partition coefficient (Wildman–Crippen LogP) is 2.63. The van der Waals surface area contributed by atoms with Crippen molar-refractivity contribution in [3.8, 4) is 0 Å². The lowest BCUT2D eigenvalue weighted by Gasteiger charge is -1.94. The minimum Gasteiger partial charge on any atom is -0.463 e. The summed E-state index contributed by atoms with van der Waals surface area (Å²) in [5, 5.41) is 1.34. The number of carbonyl (C=O) groups is 1. The van der Waals surface area contributed by atoms with Crippen molar-refractivity contribution in [1.29, 1.82) is 0 Å². The molecule has 1 N–H and O–H groups in total. The molecule has 104 valence electrons. The molecule has 0 radical (unpaired) electrons. The first-order chi connectivity index (χ1) is 9.58. The third-order valence-corrected chi connectivity index (χ3v) is 3.87. The van der Waals surface area contributed by atoms with E-state index >= 15 is 0 Å². The lowest BCUT2D eigenvalue weighted by molar-refractivity contribution is -0.135. The van der Waals surface area contributed by atoms with Crippen molar-refractivity contribution in [3.05, 3.63) is 48.7 Å². The Bertz CT molecular complexity index is 775. The molecule has 0 amide bonds. The van der Waals surface area contributed by atoms with Gasteiger partial charge in [0.1, 0.15) is 0 Å². The van der Waals surface area contributed by atoms with E-state index in [4.69, 9.17) is 28.6 Å². The normalized spacial score (nSPS) is 12.7. The molecule has 6 heteroatoms. The zero-order chi connectivity index (χ0) is 14.5. The van der Waals surface area contributed by atoms with E-state index in [1.165, 1.54) is 17.4 Å². The third-order valence-electron chi connectivity index (χ3n) is 2.42. The highest BCUT2D eigenvalue weighted by Gasteiger charge is 1.98. The van der Waals surface area contributed by atoms with Gasteiger partial charge in [-0.2, -0.15) is 0 Å². The molecular formula is C14H12ClNO2S2. The lowest BCUT2D eigenvalue weighted by atomic mass is 10.2. The van der Waals surface area contributed by atoms with E-state index in [1.807, 2.05) is 30.3 Å². The number of esters is 1. The lowest BCUT2D eigenvalue weighted by Crippen LogP contribution is -2.23. The molecule has 0 aliphatic carbocycles. The van der Waals surface area contributed by atoms with Gasteiger partial charge in [-0.1, -0.05) is 23.7 Å². The largest absolute Gasteiger partial charge is 0.463 e. The molecule has 2 rings (SSSR count). The van der Waals surface area contributed by atoms with Crippen LogP contribution in [0.5, 0.6) is 0 Å². The maximum absolute atomic E-state index is 11.5. The molecule has 0 aliphatic rings. The number of H-pyrrole nitrogens is 1. The predicted molar refractivity (Wildman–Crippen MR) is 84.9 cm³/mol. The number of rotatable bonds is 3. The van der Waals surface area contributed by atoms with Crippen LogP contribution in [0.15, 0.2) is 24.3 Å². The maximum atomic E-state index is 11.5. The minimum absolute atomic E-state index is 0.344. The summed E-state index contributed by atoms with van der Waals surface area (Å²) in [7, 11) is 0. The quantitative estimate of drug-likeness (QED) is 0.697. The molecule has 1 aromatic heterocycles. The summed E-state index contributed by atoms with van der Waals surface area (Å²) in [6.45, 7) is 2.11. The summed E-state index contributed by atoms with van der Waals surface area (Å²) < 4.78 is 6.39. The number of thiazole rings is 1. The Labute approximate surface area is 130 Å². The van der Waals surface area contributed by atoms with Crippen molar-refractivity contribution in [2.45, 2.75) is 6.92 Å². The van der Waals surface area contributed by atoms with Crippen LogP contribution >= 0.6 is 35.2 Å². The van der Waals surface area contributed by atoms with Gasteiger partial charge in [-0.15, -0.1) is 11.3 Å². The Kier molecular flexibility index (Phi) is 5.11. The van der Waals surface area contributed by atoms with Crippen LogP contribution in [0.4, 0.5) is 0 Å². The van der Waals surface area contributed by atoms with Gasteiger partial charge in [0.05, 0.1) is 16.5 Å². The van der Waals surface area contributed by atoms with E-state index in [2.05, 4.69) is 4.98 Å². The molecule has 0 atom stereocenters. The first-order valence-corrected chi connectivity index (χ1v) is 7.53. The number of nitrogens with one attached hydrogen (secondary N) is 1. The summed E-state index contributed by atoms with van der Waals surface area (Å²) in [4.78, 5) is 14.5. The highest BCUT2D eigenvalue weighted by Crippen LogP contribution is 2.09. The smallest absolute Gasteiger partial charge is 0.332 e. The van der Waals surface area contributed by atoms with Gasteiger partial charge in [-0.05, 0) is 42.9 Å². The van der Waals surface area contributed by atoms with Crippen molar-refractivity contribution < 1.29 is 9.53 Å². The van der Waals surface area contributed by atoms with Crippen LogP contribution in [0.1, 0.15) is 12.5 Å². The average molecular weight is 326 g/mol. The fourth-order valence-corrected chi connectivity index (χ4v) is 2.86. The SMILES string of the molecule is CCOC(=O)/C=c1\[nH]c(=S)s\c1=C/c1ccc(Cl)cc1. The average Bonchev–Trinajstić information content (AvgIpc) is 2.72. The van der Waals surface area contributed by atoms with Gasteiger partial charge < -0.3 is 9.72 Å². The Hall–Kier alpha value is -1.43. The number of aromatic nitrogens is 1. The standard InChI is InChI=1S/C14H12ClNO2S2/c1-2-18-13(17)8-11-12(20-14(19)16-11)7-9-3-5-10(15)6-4-9/h3-8H,2H2,1H3,(H,16,19)/b11-8-,12-7-. The molecule has 0 bridgehead atoms. The van der Waals surface area contributed by atoms with Crippen LogP contribution in [0, 0.1) is 3.95 Å². The molecular weight excluding hydrogens is 314 g/mol. The first-order valence-electron chi connectivity index (χ1n) is 5.93. The van der Waals surface area contributed by atoms with Gasteiger partial charge in [0.15, 0.2) is 3.95 Å². The van der Waals surface area contributed by atoms with Crippen molar-refractivity contribution in [1.82, 2.24) is 4.98 Å². The number of hydrogen-bond acceptors (Lipinski definition) is 4. The maximum Gasteiger partial charge on any atom is 0.332 e. The number of ether oxygens (including phenoxy) is 1. The van der Waals surface area contributed by atoms with E-state index in [1.54, 1.807) is 6.92 Å². The minimum atomic E-state index is -0.387. The monoisotopic (exact) mass is 325 g/mol. The number of benzene rings is 1. The summed E-state index contributed by atoms with van der Waals surface area (Å²) in [6.07, 6.45) is 3.36. The third kappa shape index (κ3) is 4.03. The topological polar surface area (TPSA) is 42.1 Å². The molecule has 3 nitrogen and oxygen atoms in total. The van der Waals surface area contributed by atoms with Crippen molar-refractivity contribution >= 4 is 53.3 Å². The van der Waals surface area contributed by atoms with Crippen molar-refractivity contribution in [2.75, 3.05) is 6.61 Å². The first kappa shape index (κ1) is 15.0. The summed E-state index contributed by atoms with van der Waals surface area (Å²) in [5.41, 5.74) is 0.984. The molecule has 2 aromatic rings. The molecule has 20 heavy (non-hydrogen) atoms. The van der Waals surface area contributed by atoms with Crippen LogP contribution in [0.2, 0.25) is 5.02 Å². The number of aromatic amines is 1. The van der Waals surface area contributed by atoms with Crippen molar-refractivity contribution in [3.63, 3.8) is 0 Å². The molecule has 1 heterocycles. The van der Waals surface area contributed by atoms with Crippen LogP contribution in [0.25, 0.3) is 12.2 Å². The summed E-state index contributed by atoms with van der Waals surface area (Å²) in [6, 6.07) is 7.43. The second kappa shape index (κ2) is 6.83. The van der Waals surface area contributed by atoms with Crippen LogP contribution < -0.4 is 9.88 Å². The van der Waals surface area contributed by atoms with E-state index in [0.717, 1.165) is 10.1 Å². The highest BCUT2D eigenvalue weighted by molar-refractivity contribution is 7.73. The molecule has 0 fully saturated rings. The molecule has 0 spiro atoms. The zero-order valence-corrected chi connectivity index (χ0v) is 13.1. The second-order valence-electron chi connectivity index (χ2n) is 3.88. The highest BCUT2D eigenvalue weighted by atomic mass is 35.5. The Morgan fingerprint density at radius 3 is 2.80 bits per heavy atom. The van der Waals surface area contributed by atoms with Gasteiger partial charge in [-0.3, -0.25) is 0 Å². The molecule has 0 saturated heterocycles. The summed E-state index contributed by atoms with van der Waals surface area (Å²) >= 11 is 12.4. The van der Waals surface area contributed by atoms with Gasteiger partial charge >= 0.3 is 5.97 Å². The Morgan fingerprint density at radius 2 is 2.15 bits per heavy atom. The van der Waals surface area contributed by atoms with Gasteiger partial charge in [0.25, 0.3) is 0 Å². The van der Waals surface area contributed by atoms with E-state index in [-0.39, 0.29) is 5.97 Å². The van der Waals surface area contributed by atoms with Crippen molar-refractivity contribution in [2.24, 2.45) is 0 Å². The van der Waals surface area contributed by atoms with E-state index in [9.17, 15) is 4.79 Å². The second-order valence-corrected chi connectivity index (χ2v) is 6.04. The number of hydrogen-bond donors (Lipinski definition) is 1. The number of halogens is 1. The van der Waals surface area contributed by atoms with Crippen LogP contribution in [-0.2, 0) is 9.53 Å². The zero-order valence-electron chi connectivity index (χ0n) is 10.7. The van der Waals surface area contributed by atoms with Gasteiger partial charge in [-0.25, -0.2) is 4.79 Å². The Balaban J connectivity index is 2.49. The molecule has 0 aliphatic heterocycles. The van der Waals surface area contributed by atoms with E-state index in [0.29, 0.717) is 20.9 Å². The summed E-state index contributed by atoms with van der Waals surface area (Å²) in [5.74, 6) is -0.387. The number of carbonyl (C=O) groups excluding carboxylic acids is 1.